The Labute approximate surface area is 101 Å². The maximum atomic E-state index is 11.9. The maximum Gasteiger partial charge on any atom is 0.254 e. The van der Waals surface area contributed by atoms with Crippen LogP contribution >= 0.6 is 0 Å². The molecule has 2 rings (SSSR count). The van der Waals surface area contributed by atoms with Gasteiger partial charge in [0.1, 0.15) is 5.54 Å². The van der Waals surface area contributed by atoms with Gasteiger partial charge in [0.05, 0.1) is 4.75 Å². The lowest BCUT2D eigenvalue weighted by atomic mass is 10.1. The Hall–Kier alpha value is -0.880. The topological polar surface area (TPSA) is 89.3 Å². The highest BCUT2D eigenvalue weighted by Crippen LogP contribution is 2.47. The lowest BCUT2D eigenvalue weighted by Crippen LogP contribution is -2.49. The number of sulfonamides is 1. The zero-order valence-corrected chi connectivity index (χ0v) is 10.9. The molecule has 0 bridgehead atoms. The van der Waals surface area contributed by atoms with Crippen molar-refractivity contribution in [3.05, 3.63) is 12.2 Å². The fraction of sp³-hybridized carbons (Fsp3) is 0.727. The first-order valence-corrected chi connectivity index (χ1v) is 7.12. The molecule has 96 valence electrons. The molecule has 0 saturated heterocycles. The highest BCUT2D eigenvalue weighted by molar-refractivity contribution is 7.91. The third kappa shape index (κ3) is 1.89. The molecule has 5 nitrogen and oxygen atoms in total. The minimum Gasteiger partial charge on any atom is -0.317 e. The van der Waals surface area contributed by atoms with Crippen molar-refractivity contribution in [3.63, 3.8) is 0 Å². The lowest BCUT2D eigenvalue weighted by molar-refractivity contribution is -0.121. The molecule has 17 heavy (non-hydrogen) atoms. The van der Waals surface area contributed by atoms with Crippen LogP contribution in [0.25, 0.3) is 0 Å². The summed E-state index contributed by atoms with van der Waals surface area (Å²) in [5, 5.41) is 0. The van der Waals surface area contributed by atoms with Crippen molar-refractivity contribution in [3.8, 4) is 0 Å². The molecule has 2 atom stereocenters. The second-order valence-electron chi connectivity index (χ2n) is 5.53. The van der Waals surface area contributed by atoms with Gasteiger partial charge >= 0.3 is 0 Å². The van der Waals surface area contributed by atoms with Crippen LogP contribution in [0.1, 0.15) is 33.1 Å². The number of nitrogens with two attached hydrogens (primary N) is 1. The van der Waals surface area contributed by atoms with Crippen molar-refractivity contribution < 1.29 is 13.2 Å². The molecule has 0 heterocycles. The predicted octanol–water partition coefficient (Wildman–Crippen LogP) is 0.278. The van der Waals surface area contributed by atoms with Crippen LogP contribution in [-0.2, 0) is 14.8 Å². The number of amides is 1. The molecule has 1 amide bonds. The fourth-order valence-electron chi connectivity index (χ4n) is 1.93. The van der Waals surface area contributed by atoms with Crippen molar-refractivity contribution in [1.29, 1.82) is 0 Å². The van der Waals surface area contributed by atoms with Gasteiger partial charge in [0.2, 0.25) is 10.0 Å². The second kappa shape index (κ2) is 3.32. The Morgan fingerprint density at radius 3 is 2.35 bits per heavy atom. The van der Waals surface area contributed by atoms with Gasteiger partial charge in [-0.15, -0.1) is 0 Å². The van der Waals surface area contributed by atoms with E-state index in [9.17, 15) is 13.2 Å². The van der Waals surface area contributed by atoms with Gasteiger partial charge in [0.15, 0.2) is 0 Å². The van der Waals surface area contributed by atoms with Gasteiger partial charge in [0.25, 0.3) is 5.91 Å². The Morgan fingerprint density at radius 1 is 1.47 bits per heavy atom. The summed E-state index contributed by atoms with van der Waals surface area (Å²) in [4.78, 5) is 11.9. The highest BCUT2D eigenvalue weighted by atomic mass is 32.2. The minimum atomic E-state index is -3.59. The second-order valence-corrected chi connectivity index (χ2v) is 7.72. The molecule has 0 aromatic rings. The number of hydrogen-bond donors (Lipinski definition) is 2. The third-order valence-electron chi connectivity index (χ3n) is 3.85. The van der Waals surface area contributed by atoms with Crippen LogP contribution in [-0.4, -0.2) is 24.6 Å². The average Bonchev–Trinajstić information content (AvgIpc) is 3.04. The Bertz CT molecular complexity index is 493. The summed E-state index contributed by atoms with van der Waals surface area (Å²) in [6.45, 7) is 7.17. The van der Waals surface area contributed by atoms with E-state index in [2.05, 4.69) is 11.3 Å². The van der Waals surface area contributed by atoms with Gasteiger partial charge < -0.3 is 5.73 Å². The molecule has 2 saturated carbocycles. The van der Waals surface area contributed by atoms with Crippen molar-refractivity contribution in [2.45, 2.75) is 43.4 Å². The first kappa shape index (κ1) is 12.6. The summed E-state index contributed by atoms with van der Waals surface area (Å²) in [5.41, 5.74) is 5.61. The molecule has 2 unspecified atom stereocenters. The molecular formula is C11H18N2O3S. The molecule has 2 fully saturated rings. The van der Waals surface area contributed by atoms with E-state index >= 15 is 0 Å². The highest BCUT2D eigenvalue weighted by Gasteiger charge is 2.60. The Kier molecular flexibility index (Phi) is 2.46. The molecule has 2 aliphatic carbocycles. The van der Waals surface area contributed by atoms with E-state index in [1.54, 1.807) is 13.8 Å². The summed E-state index contributed by atoms with van der Waals surface area (Å²) in [5.74, 6) is -0.705. The van der Waals surface area contributed by atoms with Crippen LogP contribution in [0, 0.1) is 5.92 Å². The molecular weight excluding hydrogens is 240 g/mol. The molecule has 6 heteroatoms. The van der Waals surface area contributed by atoms with E-state index < -0.39 is 26.2 Å². The molecule has 0 spiro atoms. The summed E-state index contributed by atoms with van der Waals surface area (Å²) in [6, 6.07) is 0. The molecule has 3 N–H and O–H groups in total. The van der Waals surface area contributed by atoms with E-state index in [1.807, 2.05) is 0 Å². The summed E-state index contributed by atoms with van der Waals surface area (Å²) < 4.78 is 25.1. The van der Waals surface area contributed by atoms with E-state index in [1.165, 1.54) is 0 Å². The van der Waals surface area contributed by atoms with E-state index in [-0.39, 0.29) is 5.92 Å². The number of carbonyl (C=O) groups excluding carboxylic acids is 1. The van der Waals surface area contributed by atoms with Crippen molar-refractivity contribution in [1.82, 2.24) is 4.72 Å². The van der Waals surface area contributed by atoms with E-state index in [4.69, 9.17) is 5.73 Å². The molecule has 0 radical (unpaired) electrons. The molecule has 2 aliphatic rings. The maximum absolute atomic E-state index is 11.9. The number of hydrogen-bond acceptors (Lipinski definition) is 4. The van der Waals surface area contributed by atoms with Gasteiger partial charge in [0, 0.05) is 5.92 Å². The van der Waals surface area contributed by atoms with Crippen LogP contribution in [0.3, 0.4) is 0 Å². The van der Waals surface area contributed by atoms with Crippen molar-refractivity contribution in [2.24, 2.45) is 11.7 Å². The van der Waals surface area contributed by atoms with Gasteiger partial charge in [-0.25, -0.2) is 8.42 Å². The molecule has 0 aromatic heterocycles. The minimum absolute atomic E-state index is 0.107. The fourth-order valence-corrected chi connectivity index (χ4v) is 3.25. The Morgan fingerprint density at radius 2 is 2.00 bits per heavy atom. The van der Waals surface area contributed by atoms with E-state index in [0.717, 1.165) is 5.57 Å². The quantitative estimate of drug-likeness (QED) is 0.709. The van der Waals surface area contributed by atoms with Gasteiger partial charge in [-0.1, -0.05) is 12.2 Å². The third-order valence-corrected chi connectivity index (χ3v) is 6.01. The van der Waals surface area contributed by atoms with E-state index in [0.29, 0.717) is 19.3 Å². The first-order chi connectivity index (χ1) is 7.62. The number of carbonyl (C=O) groups is 1. The number of nitrogens with one attached hydrogen (secondary N) is 1. The average molecular weight is 258 g/mol. The van der Waals surface area contributed by atoms with Crippen LogP contribution in [0.4, 0.5) is 0 Å². The van der Waals surface area contributed by atoms with Crippen LogP contribution < -0.4 is 10.5 Å². The largest absolute Gasteiger partial charge is 0.317 e. The van der Waals surface area contributed by atoms with Crippen LogP contribution in [0.2, 0.25) is 0 Å². The van der Waals surface area contributed by atoms with Gasteiger partial charge in [-0.05, 0) is 33.1 Å². The van der Waals surface area contributed by atoms with Crippen LogP contribution in [0.15, 0.2) is 12.2 Å². The van der Waals surface area contributed by atoms with Crippen molar-refractivity contribution >= 4 is 15.9 Å². The van der Waals surface area contributed by atoms with Gasteiger partial charge in [-0.3, -0.25) is 9.52 Å². The SMILES string of the molecule is C=C(C)C1CC1(N)C(=O)NS(=O)(=O)C1(C)CC1. The standard InChI is InChI=1S/C11H18N2O3S/c1-7(2)8-6-11(8,12)9(14)13-17(15,16)10(3)4-5-10/h8H,1,4-6,12H2,2-3H3,(H,13,14). The van der Waals surface area contributed by atoms with Gasteiger partial charge in [-0.2, -0.15) is 0 Å². The summed E-state index contributed by atoms with van der Waals surface area (Å²) in [7, 11) is -3.59. The molecule has 0 aromatic carbocycles. The Balaban J connectivity index is 2.07. The monoisotopic (exact) mass is 258 g/mol. The number of rotatable bonds is 4. The smallest absolute Gasteiger partial charge is 0.254 e. The zero-order chi connectivity index (χ0) is 13.1. The molecule has 0 aliphatic heterocycles. The zero-order valence-electron chi connectivity index (χ0n) is 10.1. The predicted molar refractivity (Wildman–Crippen MR) is 64.5 cm³/mol. The lowest BCUT2D eigenvalue weighted by Gasteiger charge is -2.16. The summed E-state index contributed by atoms with van der Waals surface area (Å²) >= 11 is 0. The first-order valence-electron chi connectivity index (χ1n) is 5.63. The summed E-state index contributed by atoms with van der Waals surface area (Å²) in [6.07, 6.45) is 1.66. The van der Waals surface area contributed by atoms with Crippen LogP contribution in [0.5, 0.6) is 0 Å². The van der Waals surface area contributed by atoms with Crippen molar-refractivity contribution in [2.75, 3.05) is 0 Å². The normalized spacial score (nSPS) is 33.9.